The molecule has 1 amide bonds. The van der Waals surface area contributed by atoms with Crippen molar-refractivity contribution in [1.82, 2.24) is 9.80 Å². The third-order valence-electron chi connectivity index (χ3n) is 13.2. The Hall–Kier alpha value is -5.09. The van der Waals surface area contributed by atoms with Crippen molar-refractivity contribution in [3.05, 3.63) is 124 Å². The number of Topliss-reactive ketones (excluding diaryl/α,β-unsaturated/α-hetero) is 2. The lowest BCUT2D eigenvalue weighted by molar-refractivity contribution is -0.133. The summed E-state index contributed by atoms with van der Waals surface area (Å²) in [4.78, 5) is 46.1. The monoisotopic (exact) mass is 758 g/mol. The second kappa shape index (κ2) is 15.1. The topological polar surface area (TPSA) is 84.4 Å². The van der Waals surface area contributed by atoms with Gasteiger partial charge in [0.1, 0.15) is 23.2 Å². The fraction of sp³-hybridized carbons (Fsp3) is 0.413. The van der Waals surface area contributed by atoms with E-state index in [9.17, 15) is 19.5 Å². The van der Waals surface area contributed by atoms with Crippen LogP contribution in [-0.4, -0.2) is 84.2 Å². The second-order valence-electron chi connectivity index (χ2n) is 16.5. The standard InChI is InChI=1S/C46H48F2N4O4/c47-40-24-34(25-41(48)45(40)44-37(30-4-2-1-3-5-30)10-6-31-23-35(53)8-12-38(31)44)50-16-14-29(15-17-50)27-49-18-20-51(21-19-49)33-7-11-39-32(22-33)28-52(46(39)56)42-13-9-36(54)26-43(42)55/h1-5,7-8,11-12,22-25,29,37,42,44,53H,6,9-10,13-21,26-28H2/t37-,42-,44?/m1/s1. The molecule has 3 heterocycles. The average molecular weight is 759 g/mol. The molecule has 0 aromatic heterocycles. The van der Waals surface area contributed by atoms with Crippen molar-refractivity contribution < 1.29 is 28.3 Å². The molecule has 1 N–H and O–H groups in total. The number of piperazine rings is 1. The van der Waals surface area contributed by atoms with Gasteiger partial charge < -0.3 is 19.8 Å². The maximum absolute atomic E-state index is 16.3. The molecule has 8 nitrogen and oxygen atoms in total. The molecular formula is C46H48F2N4O4. The second-order valence-corrected chi connectivity index (χ2v) is 16.5. The van der Waals surface area contributed by atoms with Gasteiger partial charge in [-0.25, -0.2) is 8.78 Å². The molecule has 3 atom stereocenters. The Morgan fingerprint density at radius 3 is 2.16 bits per heavy atom. The Morgan fingerprint density at radius 2 is 1.43 bits per heavy atom. The van der Waals surface area contributed by atoms with Crippen molar-refractivity contribution in [3.8, 4) is 5.75 Å². The Morgan fingerprint density at radius 1 is 0.696 bits per heavy atom. The van der Waals surface area contributed by atoms with Crippen molar-refractivity contribution in [2.45, 2.75) is 69.4 Å². The van der Waals surface area contributed by atoms with Gasteiger partial charge >= 0.3 is 0 Å². The van der Waals surface area contributed by atoms with Crippen molar-refractivity contribution in [2.75, 3.05) is 55.6 Å². The molecule has 4 aromatic carbocycles. The molecule has 2 saturated heterocycles. The van der Waals surface area contributed by atoms with E-state index >= 15 is 8.78 Å². The number of amides is 1. The van der Waals surface area contributed by atoms with Crippen molar-refractivity contribution in [1.29, 1.82) is 0 Å². The number of anilines is 2. The molecule has 2 aliphatic carbocycles. The van der Waals surface area contributed by atoms with Crippen LogP contribution in [0.2, 0.25) is 0 Å². The lowest BCUT2D eigenvalue weighted by Crippen LogP contribution is -2.49. The lowest BCUT2D eigenvalue weighted by atomic mass is 9.69. The van der Waals surface area contributed by atoms with Crippen LogP contribution in [0.1, 0.15) is 88.5 Å². The minimum atomic E-state index is -0.517. The highest BCUT2D eigenvalue weighted by Crippen LogP contribution is 2.49. The van der Waals surface area contributed by atoms with Crippen molar-refractivity contribution in [3.63, 3.8) is 0 Å². The first-order valence-corrected chi connectivity index (χ1v) is 20.3. The van der Waals surface area contributed by atoms with E-state index in [1.807, 2.05) is 48.5 Å². The number of hydrogen-bond donors (Lipinski definition) is 1. The zero-order valence-electron chi connectivity index (χ0n) is 31.6. The van der Waals surface area contributed by atoms with Crippen LogP contribution in [0, 0.1) is 17.6 Å². The Balaban J connectivity index is 0.808. The molecule has 1 unspecified atom stereocenters. The van der Waals surface area contributed by atoms with Gasteiger partial charge in [0, 0.05) is 87.2 Å². The summed E-state index contributed by atoms with van der Waals surface area (Å²) in [5.74, 6) is -1.25. The molecule has 56 heavy (non-hydrogen) atoms. The molecule has 0 radical (unpaired) electrons. The molecule has 1 saturated carbocycles. The molecule has 0 spiro atoms. The van der Waals surface area contributed by atoms with Gasteiger partial charge in [-0.15, -0.1) is 0 Å². The summed E-state index contributed by atoms with van der Waals surface area (Å²) < 4.78 is 32.6. The predicted molar refractivity (Wildman–Crippen MR) is 211 cm³/mol. The Bertz CT molecular complexity index is 2140. The number of nitrogens with zero attached hydrogens (tertiary/aromatic N) is 4. The maximum Gasteiger partial charge on any atom is 0.255 e. The van der Waals surface area contributed by atoms with Gasteiger partial charge in [-0.1, -0.05) is 36.4 Å². The smallest absolute Gasteiger partial charge is 0.255 e. The zero-order valence-corrected chi connectivity index (χ0v) is 31.6. The summed E-state index contributed by atoms with van der Waals surface area (Å²) in [5, 5.41) is 10.2. The summed E-state index contributed by atoms with van der Waals surface area (Å²) >= 11 is 0. The van der Waals surface area contributed by atoms with Crippen LogP contribution in [0.15, 0.2) is 78.9 Å². The number of phenols is 1. The van der Waals surface area contributed by atoms with Crippen LogP contribution in [0.5, 0.6) is 5.75 Å². The van der Waals surface area contributed by atoms with E-state index < -0.39 is 23.6 Å². The molecule has 3 aliphatic heterocycles. The molecule has 0 bridgehead atoms. The summed E-state index contributed by atoms with van der Waals surface area (Å²) in [6, 6.07) is 23.7. The van der Waals surface area contributed by atoms with E-state index in [0.29, 0.717) is 36.6 Å². The summed E-state index contributed by atoms with van der Waals surface area (Å²) in [6.45, 7) is 6.50. The van der Waals surface area contributed by atoms with Crippen LogP contribution in [-0.2, 0) is 22.6 Å². The van der Waals surface area contributed by atoms with Crippen LogP contribution >= 0.6 is 0 Å². The number of benzene rings is 4. The van der Waals surface area contributed by atoms with Gasteiger partial charge in [0.2, 0.25) is 0 Å². The van der Waals surface area contributed by atoms with E-state index in [2.05, 4.69) is 20.8 Å². The number of ketones is 2. The fourth-order valence-electron chi connectivity index (χ4n) is 10.2. The number of halogens is 2. The maximum atomic E-state index is 16.3. The predicted octanol–water partition coefficient (Wildman–Crippen LogP) is 7.22. The van der Waals surface area contributed by atoms with Crippen LogP contribution in [0.25, 0.3) is 0 Å². The summed E-state index contributed by atoms with van der Waals surface area (Å²) in [5.41, 5.74) is 6.25. The highest BCUT2D eigenvalue weighted by Gasteiger charge is 2.40. The number of aromatic hydroxyl groups is 1. The number of rotatable bonds is 7. The first kappa shape index (κ1) is 36.5. The first-order chi connectivity index (χ1) is 27.2. The van der Waals surface area contributed by atoms with Crippen LogP contribution in [0.4, 0.5) is 20.2 Å². The Labute approximate surface area is 326 Å². The van der Waals surface area contributed by atoms with Gasteiger partial charge in [0.15, 0.2) is 5.78 Å². The normalized spacial score (nSPS) is 23.4. The van der Waals surface area contributed by atoms with Crippen LogP contribution in [0.3, 0.4) is 0 Å². The number of fused-ring (bicyclic) bond motifs is 2. The minimum absolute atomic E-state index is 0.0414. The molecule has 9 rings (SSSR count). The number of carbonyl (C=O) groups is 3. The third kappa shape index (κ3) is 6.97. The molecule has 3 fully saturated rings. The van der Waals surface area contributed by atoms with E-state index in [0.717, 1.165) is 99.4 Å². The molecule has 4 aromatic rings. The number of piperidine rings is 1. The first-order valence-electron chi connectivity index (χ1n) is 20.3. The number of phenolic OH excluding ortho intramolecular Hbond substituents is 1. The largest absolute Gasteiger partial charge is 0.508 e. The highest BCUT2D eigenvalue weighted by atomic mass is 19.1. The third-order valence-corrected chi connectivity index (χ3v) is 13.2. The van der Waals surface area contributed by atoms with Gasteiger partial charge in [-0.2, -0.15) is 0 Å². The van der Waals surface area contributed by atoms with Crippen LogP contribution < -0.4 is 9.80 Å². The number of aryl methyl sites for hydroxylation is 1. The highest BCUT2D eigenvalue weighted by molar-refractivity contribution is 6.07. The van der Waals surface area contributed by atoms with E-state index in [-0.39, 0.29) is 41.1 Å². The summed E-state index contributed by atoms with van der Waals surface area (Å²) in [7, 11) is 0. The lowest BCUT2D eigenvalue weighted by Gasteiger charge is -2.40. The SMILES string of the molecule is O=C1CC[C@@H](N2Cc3cc(N4CCN(CC5CCN(c6cc(F)c(C7c8ccc(O)cc8CC[C@@H]7c7ccccc7)c(F)c6)CC5)CC4)ccc3C2=O)C(=O)C1. The zero-order chi connectivity index (χ0) is 38.5. The van der Waals surface area contributed by atoms with Gasteiger partial charge in [0.25, 0.3) is 5.91 Å². The number of hydrogen-bond acceptors (Lipinski definition) is 7. The van der Waals surface area contributed by atoms with E-state index in [1.54, 1.807) is 17.0 Å². The fourth-order valence-corrected chi connectivity index (χ4v) is 10.2. The number of carbonyl (C=O) groups excluding carboxylic acids is 3. The van der Waals surface area contributed by atoms with E-state index in [4.69, 9.17) is 0 Å². The average Bonchev–Trinajstić information content (AvgIpc) is 3.53. The van der Waals surface area contributed by atoms with Gasteiger partial charge in [0.05, 0.1) is 12.5 Å². The molecule has 10 heteroatoms. The van der Waals surface area contributed by atoms with Gasteiger partial charge in [-0.3, -0.25) is 19.3 Å². The minimum Gasteiger partial charge on any atom is -0.508 e. The molecule has 290 valence electrons. The van der Waals surface area contributed by atoms with Crippen molar-refractivity contribution in [2.24, 2.45) is 5.92 Å². The molecule has 5 aliphatic rings. The summed E-state index contributed by atoms with van der Waals surface area (Å²) in [6.07, 6.45) is 4.06. The quantitative estimate of drug-likeness (QED) is 0.200. The van der Waals surface area contributed by atoms with Gasteiger partial charge in [-0.05, 0) is 109 Å². The molecular weight excluding hydrogens is 711 g/mol. The Kier molecular flexibility index (Phi) is 9.86. The van der Waals surface area contributed by atoms with Crippen molar-refractivity contribution >= 4 is 28.8 Å². The van der Waals surface area contributed by atoms with E-state index in [1.165, 1.54) is 12.1 Å².